The molecule has 3 aromatic rings. The molecule has 0 saturated carbocycles. The SMILES string of the molecule is CN(C(=O)Oc1ccc(NC(=O)c2cccnc2)cc1)c1ccccc1. The fourth-order valence-corrected chi connectivity index (χ4v) is 2.23. The summed E-state index contributed by atoms with van der Waals surface area (Å²) in [5.41, 5.74) is 1.79. The number of amides is 2. The van der Waals surface area contributed by atoms with Crippen molar-refractivity contribution in [2.45, 2.75) is 0 Å². The van der Waals surface area contributed by atoms with Crippen LogP contribution in [-0.2, 0) is 0 Å². The van der Waals surface area contributed by atoms with Gasteiger partial charge in [0.2, 0.25) is 0 Å². The summed E-state index contributed by atoms with van der Waals surface area (Å²) >= 11 is 0. The van der Waals surface area contributed by atoms with E-state index in [4.69, 9.17) is 4.74 Å². The minimum Gasteiger partial charge on any atom is -0.410 e. The molecule has 6 nitrogen and oxygen atoms in total. The Labute approximate surface area is 151 Å². The number of hydrogen-bond donors (Lipinski definition) is 1. The second-order valence-corrected chi connectivity index (χ2v) is 5.48. The highest BCUT2D eigenvalue weighted by Gasteiger charge is 2.13. The number of carbonyl (C=O) groups is 2. The van der Waals surface area contributed by atoms with Crippen LogP contribution in [-0.4, -0.2) is 24.0 Å². The maximum Gasteiger partial charge on any atom is 0.419 e. The third-order valence-electron chi connectivity index (χ3n) is 3.66. The van der Waals surface area contributed by atoms with Crippen LogP contribution in [0.5, 0.6) is 5.75 Å². The molecule has 2 aromatic carbocycles. The van der Waals surface area contributed by atoms with Crippen molar-refractivity contribution < 1.29 is 14.3 Å². The molecule has 0 saturated heterocycles. The van der Waals surface area contributed by atoms with E-state index < -0.39 is 6.09 Å². The molecule has 0 spiro atoms. The molecular formula is C20H17N3O3. The lowest BCUT2D eigenvalue weighted by molar-refractivity contribution is 0.102. The molecule has 1 N–H and O–H groups in total. The molecule has 130 valence electrons. The van der Waals surface area contributed by atoms with Gasteiger partial charge in [-0.2, -0.15) is 0 Å². The van der Waals surface area contributed by atoms with Crippen molar-refractivity contribution in [1.29, 1.82) is 0 Å². The van der Waals surface area contributed by atoms with Crippen LogP contribution >= 0.6 is 0 Å². The second kappa shape index (κ2) is 7.94. The van der Waals surface area contributed by atoms with Gasteiger partial charge < -0.3 is 10.1 Å². The first-order valence-electron chi connectivity index (χ1n) is 7.95. The molecule has 26 heavy (non-hydrogen) atoms. The van der Waals surface area contributed by atoms with Crippen LogP contribution in [0.25, 0.3) is 0 Å². The van der Waals surface area contributed by atoms with Crippen LogP contribution in [0.4, 0.5) is 16.2 Å². The second-order valence-electron chi connectivity index (χ2n) is 5.48. The number of benzene rings is 2. The summed E-state index contributed by atoms with van der Waals surface area (Å²) in [6.07, 6.45) is 2.60. The molecule has 0 aliphatic carbocycles. The predicted octanol–water partition coefficient (Wildman–Crippen LogP) is 3.97. The van der Waals surface area contributed by atoms with Gasteiger partial charge in [0.05, 0.1) is 5.56 Å². The zero-order valence-electron chi connectivity index (χ0n) is 14.1. The average Bonchev–Trinajstić information content (AvgIpc) is 2.70. The highest BCUT2D eigenvalue weighted by atomic mass is 16.6. The predicted molar refractivity (Wildman–Crippen MR) is 99.5 cm³/mol. The zero-order chi connectivity index (χ0) is 18.4. The minimum absolute atomic E-state index is 0.258. The number of aromatic nitrogens is 1. The van der Waals surface area contributed by atoms with Gasteiger partial charge in [-0.1, -0.05) is 18.2 Å². The van der Waals surface area contributed by atoms with Crippen molar-refractivity contribution in [3.63, 3.8) is 0 Å². The molecule has 3 rings (SSSR count). The largest absolute Gasteiger partial charge is 0.419 e. The standard InChI is InChI=1S/C20H17N3O3/c1-23(17-7-3-2-4-8-17)20(25)26-18-11-9-16(10-12-18)22-19(24)15-6-5-13-21-14-15/h2-14H,1H3,(H,22,24). The number of pyridine rings is 1. The minimum atomic E-state index is -0.497. The fourth-order valence-electron chi connectivity index (χ4n) is 2.23. The van der Waals surface area contributed by atoms with Crippen molar-refractivity contribution in [2.24, 2.45) is 0 Å². The van der Waals surface area contributed by atoms with Gasteiger partial charge in [0.1, 0.15) is 5.75 Å². The highest BCUT2D eigenvalue weighted by molar-refractivity contribution is 6.04. The lowest BCUT2D eigenvalue weighted by atomic mass is 10.2. The zero-order valence-corrected chi connectivity index (χ0v) is 14.1. The van der Waals surface area contributed by atoms with Gasteiger partial charge in [-0.05, 0) is 48.5 Å². The number of anilines is 2. The van der Waals surface area contributed by atoms with Gasteiger partial charge in [-0.15, -0.1) is 0 Å². The van der Waals surface area contributed by atoms with E-state index in [0.717, 1.165) is 5.69 Å². The molecule has 0 bridgehead atoms. The normalized spacial score (nSPS) is 10.0. The number of carbonyl (C=O) groups excluding carboxylic acids is 2. The first kappa shape index (κ1) is 17.2. The van der Waals surface area contributed by atoms with Crippen molar-refractivity contribution in [2.75, 3.05) is 17.3 Å². The molecule has 0 unspecified atom stereocenters. The third-order valence-corrected chi connectivity index (χ3v) is 3.66. The maximum atomic E-state index is 12.2. The maximum absolute atomic E-state index is 12.2. The lowest BCUT2D eigenvalue weighted by Crippen LogP contribution is -2.29. The van der Waals surface area contributed by atoms with E-state index in [-0.39, 0.29) is 5.91 Å². The summed E-state index contributed by atoms with van der Waals surface area (Å²) in [5.74, 6) is 0.129. The molecule has 0 radical (unpaired) electrons. The van der Waals surface area contributed by atoms with E-state index in [1.807, 2.05) is 30.3 Å². The molecule has 6 heteroatoms. The summed E-state index contributed by atoms with van der Waals surface area (Å²) in [6, 6.07) is 19.2. The van der Waals surface area contributed by atoms with E-state index in [0.29, 0.717) is 17.0 Å². The Balaban J connectivity index is 1.61. The van der Waals surface area contributed by atoms with Gasteiger partial charge in [0.15, 0.2) is 0 Å². The number of hydrogen-bond acceptors (Lipinski definition) is 4. The van der Waals surface area contributed by atoms with Crippen molar-refractivity contribution >= 4 is 23.4 Å². The van der Waals surface area contributed by atoms with E-state index in [1.165, 1.54) is 11.1 Å². The number of para-hydroxylation sites is 1. The fraction of sp³-hybridized carbons (Fsp3) is 0.0500. The van der Waals surface area contributed by atoms with Crippen molar-refractivity contribution in [1.82, 2.24) is 4.98 Å². The quantitative estimate of drug-likeness (QED) is 0.775. The first-order chi connectivity index (χ1) is 12.6. The van der Waals surface area contributed by atoms with Crippen LogP contribution in [0.2, 0.25) is 0 Å². The Morgan fingerprint density at radius 2 is 1.69 bits per heavy atom. The molecule has 2 amide bonds. The molecular weight excluding hydrogens is 330 g/mol. The van der Waals surface area contributed by atoms with Crippen LogP contribution in [0, 0.1) is 0 Å². The monoisotopic (exact) mass is 347 g/mol. The van der Waals surface area contributed by atoms with Crippen LogP contribution in [0.15, 0.2) is 79.1 Å². The molecule has 0 atom stereocenters. The van der Waals surface area contributed by atoms with E-state index >= 15 is 0 Å². The summed E-state index contributed by atoms with van der Waals surface area (Å²) < 4.78 is 5.34. The van der Waals surface area contributed by atoms with Gasteiger partial charge in [-0.25, -0.2) is 4.79 Å². The van der Waals surface area contributed by atoms with E-state index in [2.05, 4.69) is 10.3 Å². The van der Waals surface area contributed by atoms with E-state index in [1.54, 1.807) is 49.6 Å². The molecule has 0 aliphatic rings. The summed E-state index contributed by atoms with van der Waals surface area (Å²) in [7, 11) is 1.64. The van der Waals surface area contributed by atoms with Gasteiger partial charge in [-0.3, -0.25) is 14.7 Å². The molecule has 0 aliphatic heterocycles. The van der Waals surface area contributed by atoms with Crippen LogP contribution in [0.3, 0.4) is 0 Å². The highest BCUT2D eigenvalue weighted by Crippen LogP contribution is 2.19. The smallest absolute Gasteiger partial charge is 0.410 e. The number of nitrogens with one attached hydrogen (secondary N) is 1. The Kier molecular flexibility index (Phi) is 5.24. The Hall–Kier alpha value is -3.67. The summed E-state index contributed by atoms with van der Waals surface area (Å²) in [4.78, 5) is 29.6. The first-order valence-corrected chi connectivity index (χ1v) is 7.95. The van der Waals surface area contributed by atoms with Gasteiger partial charge in [0, 0.05) is 30.8 Å². The van der Waals surface area contributed by atoms with Crippen LogP contribution in [0.1, 0.15) is 10.4 Å². The summed E-state index contributed by atoms with van der Waals surface area (Å²) in [6.45, 7) is 0. The Bertz CT molecular complexity index is 881. The molecule has 1 aromatic heterocycles. The van der Waals surface area contributed by atoms with E-state index in [9.17, 15) is 9.59 Å². The van der Waals surface area contributed by atoms with Crippen molar-refractivity contribution in [3.8, 4) is 5.75 Å². The number of ether oxygens (including phenoxy) is 1. The molecule has 0 fully saturated rings. The lowest BCUT2D eigenvalue weighted by Gasteiger charge is -2.16. The topological polar surface area (TPSA) is 71.5 Å². The third kappa shape index (κ3) is 4.24. The molecule has 1 heterocycles. The summed E-state index contributed by atoms with van der Waals surface area (Å²) in [5, 5.41) is 2.76. The van der Waals surface area contributed by atoms with Crippen LogP contribution < -0.4 is 15.0 Å². The number of rotatable bonds is 4. The Morgan fingerprint density at radius 1 is 0.962 bits per heavy atom. The van der Waals surface area contributed by atoms with Gasteiger partial charge in [0.25, 0.3) is 5.91 Å². The Morgan fingerprint density at radius 3 is 2.35 bits per heavy atom. The van der Waals surface area contributed by atoms with Gasteiger partial charge >= 0.3 is 6.09 Å². The van der Waals surface area contributed by atoms with Crippen molar-refractivity contribution in [3.05, 3.63) is 84.7 Å². The number of nitrogens with zero attached hydrogens (tertiary/aromatic N) is 2. The average molecular weight is 347 g/mol.